The van der Waals surface area contributed by atoms with Crippen molar-refractivity contribution < 1.29 is 36.2 Å². The van der Waals surface area contributed by atoms with E-state index >= 15 is 0 Å². The van der Waals surface area contributed by atoms with Crippen LogP contribution in [0.25, 0.3) is 0 Å². The van der Waals surface area contributed by atoms with Crippen LogP contribution in [0.4, 0.5) is 22.0 Å². The molecule has 2 fully saturated rings. The highest BCUT2D eigenvalue weighted by atomic mass is 19.4. The van der Waals surface area contributed by atoms with Crippen molar-refractivity contribution in [1.29, 1.82) is 0 Å². The van der Waals surface area contributed by atoms with Crippen molar-refractivity contribution in [3.8, 4) is 0 Å². The highest BCUT2D eigenvalue weighted by molar-refractivity contribution is 5.81. The van der Waals surface area contributed by atoms with Crippen LogP contribution in [-0.4, -0.2) is 48.8 Å². The average molecular weight is 470 g/mol. The predicted molar refractivity (Wildman–Crippen MR) is 108 cm³/mol. The number of nitrogens with one attached hydrogen (secondary N) is 1. The van der Waals surface area contributed by atoms with Gasteiger partial charge in [0, 0.05) is 38.7 Å². The fourth-order valence-electron chi connectivity index (χ4n) is 4.27. The summed E-state index contributed by atoms with van der Waals surface area (Å²) in [5, 5.41) is 2.62. The minimum absolute atomic E-state index is 0.0527. The molecular weight excluding hydrogens is 447 g/mol. The Morgan fingerprint density at radius 3 is 2.61 bits per heavy atom. The summed E-state index contributed by atoms with van der Waals surface area (Å²) >= 11 is 0. The smallest absolute Gasteiger partial charge is 0.370 e. The SMILES string of the molecule is O=C(NCc1cc(F)cc(F)c1)C1CC2(CO1)CN(Cc1cccc(C(F)(F)F)c1)CCO2. The molecule has 10 heteroatoms. The lowest BCUT2D eigenvalue weighted by molar-refractivity contribution is -0.137. The molecule has 2 aromatic rings. The van der Waals surface area contributed by atoms with Gasteiger partial charge in [-0.1, -0.05) is 18.2 Å². The lowest BCUT2D eigenvalue weighted by Crippen LogP contribution is -2.52. The minimum atomic E-state index is -4.40. The van der Waals surface area contributed by atoms with Gasteiger partial charge in [0.05, 0.1) is 18.8 Å². The molecule has 2 aliphatic heterocycles. The van der Waals surface area contributed by atoms with Crippen LogP contribution in [0.2, 0.25) is 0 Å². The van der Waals surface area contributed by atoms with Gasteiger partial charge in [-0.25, -0.2) is 8.78 Å². The summed E-state index contributed by atoms with van der Waals surface area (Å²) in [4.78, 5) is 14.5. The van der Waals surface area contributed by atoms with E-state index in [2.05, 4.69) is 5.32 Å². The van der Waals surface area contributed by atoms with E-state index in [1.165, 1.54) is 6.07 Å². The lowest BCUT2D eigenvalue weighted by atomic mass is 9.96. The topological polar surface area (TPSA) is 50.8 Å². The molecule has 5 nitrogen and oxygen atoms in total. The first-order valence-corrected chi connectivity index (χ1v) is 10.5. The maximum absolute atomic E-state index is 13.3. The van der Waals surface area contributed by atoms with E-state index in [-0.39, 0.29) is 25.1 Å². The first-order valence-electron chi connectivity index (χ1n) is 10.5. The fraction of sp³-hybridized carbons (Fsp3) is 0.435. The molecule has 0 aliphatic carbocycles. The molecule has 178 valence electrons. The van der Waals surface area contributed by atoms with E-state index in [9.17, 15) is 26.7 Å². The molecule has 2 aromatic carbocycles. The van der Waals surface area contributed by atoms with Gasteiger partial charge < -0.3 is 14.8 Å². The van der Waals surface area contributed by atoms with Gasteiger partial charge in [-0.2, -0.15) is 13.2 Å². The zero-order valence-corrected chi connectivity index (χ0v) is 17.6. The van der Waals surface area contributed by atoms with Gasteiger partial charge in [-0.15, -0.1) is 0 Å². The van der Waals surface area contributed by atoms with Crippen molar-refractivity contribution in [1.82, 2.24) is 10.2 Å². The molecule has 0 aromatic heterocycles. The van der Waals surface area contributed by atoms with Gasteiger partial charge in [0.25, 0.3) is 0 Å². The van der Waals surface area contributed by atoms with Crippen molar-refractivity contribution in [3.05, 3.63) is 70.8 Å². The highest BCUT2D eigenvalue weighted by Gasteiger charge is 2.46. The van der Waals surface area contributed by atoms with Crippen LogP contribution in [0.15, 0.2) is 42.5 Å². The number of morpholine rings is 1. The quantitative estimate of drug-likeness (QED) is 0.678. The molecule has 1 N–H and O–H groups in total. The van der Waals surface area contributed by atoms with Crippen molar-refractivity contribution in [2.24, 2.45) is 0 Å². The van der Waals surface area contributed by atoms with Crippen LogP contribution < -0.4 is 5.32 Å². The van der Waals surface area contributed by atoms with Crippen molar-refractivity contribution in [3.63, 3.8) is 0 Å². The van der Waals surface area contributed by atoms with E-state index in [1.807, 2.05) is 4.90 Å². The number of carbonyl (C=O) groups excluding carboxylic acids is 1. The lowest BCUT2D eigenvalue weighted by Gasteiger charge is -2.39. The number of halogens is 5. The van der Waals surface area contributed by atoms with Gasteiger partial charge in [0.1, 0.15) is 23.3 Å². The van der Waals surface area contributed by atoms with Crippen molar-refractivity contribution >= 4 is 5.91 Å². The summed E-state index contributed by atoms with van der Waals surface area (Å²) in [7, 11) is 0. The molecule has 0 bridgehead atoms. The Hall–Kier alpha value is -2.56. The van der Waals surface area contributed by atoms with E-state index < -0.39 is 41.0 Å². The largest absolute Gasteiger partial charge is 0.416 e. The Balaban J connectivity index is 1.33. The number of hydrogen-bond donors (Lipinski definition) is 1. The third-order valence-electron chi connectivity index (χ3n) is 5.77. The molecule has 0 radical (unpaired) electrons. The average Bonchev–Trinajstić information content (AvgIpc) is 3.14. The van der Waals surface area contributed by atoms with Crippen LogP contribution in [0, 0.1) is 11.6 Å². The van der Waals surface area contributed by atoms with Crippen LogP contribution >= 0.6 is 0 Å². The molecule has 4 rings (SSSR count). The summed E-state index contributed by atoms with van der Waals surface area (Å²) in [6.07, 6.45) is -4.92. The van der Waals surface area contributed by atoms with E-state index in [4.69, 9.17) is 9.47 Å². The monoisotopic (exact) mass is 470 g/mol. The summed E-state index contributed by atoms with van der Waals surface area (Å²) < 4.78 is 77.2. The zero-order chi connectivity index (χ0) is 23.6. The second kappa shape index (κ2) is 9.36. The van der Waals surface area contributed by atoms with E-state index in [0.717, 1.165) is 30.3 Å². The molecule has 0 saturated carbocycles. The Morgan fingerprint density at radius 2 is 1.88 bits per heavy atom. The number of hydrogen-bond acceptors (Lipinski definition) is 4. The van der Waals surface area contributed by atoms with Gasteiger partial charge in [0.2, 0.25) is 5.91 Å². The second-order valence-corrected chi connectivity index (χ2v) is 8.44. The van der Waals surface area contributed by atoms with E-state index in [0.29, 0.717) is 31.8 Å². The third kappa shape index (κ3) is 5.87. The van der Waals surface area contributed by atoms with Crippen LogP contribution in [0.5, 0.6) is 0 Å². The Morgan fingerprint density at radius 1 is 1.12 bits per heavy atom. The maximum atomic E-state index is 13.3. The van der Waals surface area contributed by atoms with Crippen LogP contribution in [-0.2, 0) is 33.5 Å². The molecule has 2 unspecified atom stereocenters. The number of ether oxygens (including phenoxy) is 2. The van der Waals surface area contributed by atoms with Gasteiger partial charge in [0.15, 0.2) is 0 Å². The number of benzene rings is 2. The minimum Gasteiger partial charge on any atom is -0.370 e. The number of amides is 1. The number of carbonyl (C=O) groups is 1. The third-order valence-corrected chi connectivity index (χ3v) is 5.77. The second-order valence-electron chi connectivity index (χ2n) is 8.44. The molecule has 2 atom stereocenters. The van der Waals surface area contributed by atoms with Gasteiger partial charge in [-0.05, 0) is 29.3 Å². The summed E-state index contributed by atoms with van der Waals surface area (Å²) in [5.74, 6) is -1.88. The Bertz CT molecular complexity index is 996. The van der Waals surface area contributed by atoms with E-state index in [1.54, 1.807) is 6.07 Å². The first kappa shape index (κ1) is 23.6. The summed E-state index contributed by atoms with van der Waals surface area (Å²) in [5.41, 5.74) is -0.610. The summed E-state index contributed by atoms with van der Waals surface area (Å²) in [6.45, 7) is 1.74. The number of rotatable bonds is 5. The Kier molecular flexibility index (Phi) is 6.69. The normalized spacial score (nSPS) is 23.7. The highest BCUT2D eigenvalue weighted by Crippen LogP contribution is 2.33. The van der Waals surface area contributed by atoms with Crippen molar-refractivity contribution in [2.75, 3.05) is 26.3 Å². The number of nitrogens with zero attached hydrogens (tertiary/aromatic N) is 1. The predicted octanol–water partition coefficient (Wildman–Crippen LogP) is 3.66. The molecule has 2 aliphatic rings. The molecule has 1 amide bonds. The van der Waals surface area contributed by atoms with Gasteiger partial charge >= 0.3 is 6.18 Å². The molecule has 2 saturated heterocycles. The molecular formula is C23H23F5N2O3. The maximum Gasteiger partial charge on any atom is 0.416 e. The molecule has 2 heterocycles. The molecule has 1 spiro atoms. The number of alkyl halides is 3. The van der Waals surface area contributed by atoms with Crippen LogP contribution in [0.3, 0.4) is 0 Å². The molecule has 33 heavy (non-hydrogen) atoms. The van der Waals surface area contributed by atoms with Crippen LogP contribution in [0.1, 0.15) is 23.1 Å². The Labute approximate surface area is 187 Å². The standard InChI is InChI=1S/C23H23F5N2O3/c24-18-7-16(8-19(25)9-18)11-29-21(31)20-10-22(14-32-20)13-30(4-5-33-22)12-15-2-1-3-17(6-15)23(26,27)28/h1-3,6-9,20H,4-5,10-14H2,(H,29,31). The summed E-state index contributed by atoms with van der Waals surface area (Å²) in [6, 6.07) is 8.23. The van der Waals surface area contributed by atoms with Crippen molar-refractivity contribution in [2.45, 2.75) is 37.4 Å². The zero-order valence-electron chi connectivity index (χ0n) is 17.6. The van der Waals surface area contributed by atoms with Gasteiger partial charge in [-0.3, -0.25) is 9.69 Å². The first-order chi connectivity index (χ1) is 15.6. The fourth-order valence-corrected chi connectivity index (χ4v) is 4.27.